The molecule has 0 saturated carbocycles. The molecule has 2 aromatic carbocycles. The van der Waals surface area contributed by atoms with Crippen molar-refractivity contribution in [2.24, 2.45) is 5.73 Å². The molecule has 0 atom stereocenters. The van der Waals surface area contributed by atoms with Crippen LogP contribution in [-0.4, -0.2) is 17.3 Å². The van der Waals surface area contributed by atoms with Crippen LogP contribution < -0.4 is 15.2 Å². The highest BCUT2D eigenvalue weighted by Gasteiger charge is 2.22. The van der Waals surface area contributed by atoms with Crippen LogP contribution in [0.3, 0.4) is 0 Å². The van der Waals surface area contributed by atoms with Gasteiger partial charge in [0, 0.05) is 16.7 Å². The first-order valence-electron chi connectivity index (χ1n) is 8.59. The molecule has 4 rings (SSSR count). The van der Waals surface area contributed by atoms with E-state index in [-0.39, 0.29) is 6.79 Å². The Morgan fingerprint density at radius 2 is 1.81 bits per heavy atom. The SMILES string of the molecule is Cc1c(C(N)=O)c(C)n(Cc2ccc3c(c2)OCO3)c1-c1ccc(Br)cc1. The summed E-state index contributed by atoms with van der Waals surface area (Å²) in [5.41, 5.74) is 11.1. The quantitative estimate of drug-likeness (QED) is 0.671. The molecule has 1 amide bonds. The van der Waals surface area contributed by atoms with Crippen molar-refractivity contribution in [1.29, 1.82) is 0 Å². The minimum absolute atomic E-state index is 0.246. The van der Waals surface area contributed by atoms with Gasteiger partial charge in [-0.05, 0) is 54.8 Å². The van der Waals surface area contributed by atoms with E-state index in [9.17, 15) is 4.79 Å². The Kier molecular flexibility index (Phi) is 4.44. The highest BCUT2D eigenvalue weighted by molar-refractivity contribution is 9.10. The Bertz CT molecular complexity index is 1040. The molecule has 2 N–H and O–H groups in total. The summed E-state index contributed by atoms with van der Waals surface area (Å²) in [4.78, 5) is 12.1. The lowest BCUT2D eigenvalue weighted by atomic mass is 10.0. The number of nitrogens with zero attached hydrogens (tertiary/aromatic N) is 1. The first-order chi connectivity index (χ1) is 13.0. The van der Waals surface area contributed by atoms with Crippen molar-refractivity contribution in [1.82, 2.24) is 4.57 Å². The fourth-order valence-electron chi connectivity index (χ4n) is 3.66. The zero-order valence-electron chi connectivity index (χ0n) is 15.1. The molecule has 5 nitrogen and oxygen atoms in total. The standard InChI is InChI=1S/C21H19BrN2O3/c1-12-19(21(23)25)13(2)24(20(12)15-4-6-16(22)7-5-15)10-14-3-8-17-18(9-14)27-11-26-17/h3-9H,10-11H2,1-2H3,(H2,23,25). The average Bonchev–Trinajstić information content (AvgIpc) is 3.18. The Balaban J connectivity index is 1.84. The lowest BCUT2D eigenvalue weighted by Gasteiger charge is -2.13. The van der Waals surface area contributed by atoms with Crippen LogP contribution in [0.1, 0.15) is 27.2 Å². The smallest absolute Gasteiger partial charge is 0.250 e. The number of ether oxygens (including phenoxy) is 2. The molecule has 138 valence electrons. The van der Waals surface area contributed by atoms with Gasteiger partial charge in [0.1, 0.15) is 0 Å². The molecule has 0 bridgehead atoms. The minimum atomic E-state index is -0.409. The second-order valence-corrected chi connectivity index (χ2v) is 7.49. The minimum Gasteiger partial charge on any atom is -0.454 e. The van der Waals surface area contributed by atoms with E-state index in [1.165, 1.54) is 0 Å². The van der Waals surface area contributed by atoms with Crippen molar-refractivity contribution in [3.63, 3.8) is 0 Å². The van der Waals surface area contributed by atoms with Gasteiger partial charge >= 0.3 is 0 Å². The van der Waals surface area contributed by atoms with Crippen LogP contribution >= 0.6 is 15.9 Å². The molecule has 1 aliphatic heterocycles. The summed E-state index contributed by atoms with van der Waals surface area (Å²) in [7, 11) is 0. The number of halogens is 1. The molecule has 0 unspecified atom stereocenters. The molecule has 6 heteroatoms. The van der Waals surface area contributed by atoms with E-state index in [1.807, 2.05) is 56.3 Å². The lowest BCUT2D eigenvalue weighted by molar-refractivity contribution is 0.0999. The number of carbonyl (C=O) groups excluding carboxylic acids is 1. The lowest BCUT2D eigenvalue weighted by Crippen LogP contribution is -2.13. The van der Waals surface area contributed by atoms with Gasteiger partial charge in [-0.15, -0.1) is 0 Å². The van der Waals surface area contributed by atoms with Crippen molar-refractivity contribution >= 4 is 21.8 Å². The number of nitrogens with two attached hydrogens (primary N) is 1. The summed E-state index contributed by atoms with van der Waals surface area (Å²) in [6, 6.07) is 14.0. The largest absolute Gasteiger partial charge is 0.454 e. The molecule has 0 radical (unpaired) electrons. The molecule has 1 aliphatic rings. The molecule has 1 aromatic heterocycles. The van der Waals surface area contributed by atoms with Gasteiger partial charge in [0.2, 0.25) is 6.79 Å². The predicted octanol–water partition coefficient (Wildman–Crippen LogP) is 4.41. The second kappa shape index (κ2) is 6.78. The predicted molar refractivity (Wildman–Crippen MR) is 107 cm³/mol. The number of carbonyl (C=O) groups is 1. The first kappa shape index (κ1) is 17.7. The Labute approximate surface area is 165 Å². The third kappa shape index (κ3) is 3.10. The van der Waals surface area contributed by atoms with Gasteiger partial charge in [0.05, 0.1) is 11.3 Å². The van der Waals surface area contributed by atoms with Gasteiger partial charge in [-0.1, -0.05) is 34.1 Å². The van der Waals surface area contributed by atoms with E-state index in [0.717, 1.165) is 44.0 Å². The molecule has 3 aromatic rings. The van der Waals surface area contributed by atoms with Crippen LogP contribution in [0.2, 0.25) is 0 Å². The summed E-state index contributed by atoms with van der Waals surface area (Å²) in [5, 5.41) is 0. The van der Waals surface area contributed by atoms with Gasteiger partial charge in [0.25, 0.3) is 5.91 Å². The molecule has 0 aliphatic carbocycles. The van der Waals surface area contributed by atoms with Crippen molar-refractivity contribution in [2.75, 3.05) is 6.79 Å². The Morgan fingerprint density at radius 1 is 1.11 bits per heavy atom. The number of hydrogen-bond acceptors (Lipinski definition) is 3. The first-order valence-corrected chi connectivity index (χ1v) is 9.39. The van der Waals surface area contributed by atoms with Crippen molar-refractivity contribution in [3.8, 4) is 22.8 Å². The van der Waals surface area contributed by atoms with E-state index in [0.29, 0.717) is 12.1 Å². The van der Waals surface area contributed by atoms with Gasteiger partial charge in [-0.2, -0.15) is 0 Å². The monoisotopic (exact) mass is 426 g/mol. The third-order valence-electron chi connectivity index (χ3n) is 4.91. The molecule has 0 saturated heterocycles. The zero-order valence-corrected chi connectivity index (χ0v) is 16.7. The molecule has 2 heterocycles. The van der Waals surface area contributed by atoms with E-state index in [4.69, 9.17) is 15.2 Å². The maximum absolute atomic E-state index is 12.1. The van der Waals surface area contributed by atoms with Crippen LogP contribution in [0.15, 0.2) is 46.9 Å². The van der Waals surface area contributed by atoms with E-state index in [1.54, 1.807) is 0 Å². The van der Waals surface area contributed by atoms with Crippen LogP contribution in [0, 0.1) is 13.8 Å². The van der Waals surface area contributed by atoms with E-state index < -0.39 is 5.91 Å². The topological polar surface area (TPSA) is 66.5 Å². The fraction of sp³-hybridized carbons (Fsp3) is 0.190. The number of amides is 1. The summed E-state index contributed by atoms with van der Waals surface area (Å²) < 4.78 is 14.0. The average molecular weight is 427 g/mol. The normalized spacial score (nSPS) is 12.4. The van der Waals surface area contributed by atoms with E-state index >= 15 is 0 Å². The molecular formula is C21H19BrN2O3. The maximum Gasteiger partial charge on any atom is 0.250 e. The number of aromatic nitrogens is 1. The van der Waals surface area contributed by atoms with Gasteiger partial charge in [-0.3, -0.25) is 4.79 Å². The number of benzene rings is 2. The highest BCUT2D eigenvalue weighted by Crippen LogP contribution is 2.35. The number of rotatable bonds is 4. The summed E-state index contributed by atoms with van der Waals surface area (Å²) in [6.45, 7) is 4.72. The number of primary amides is 1. The van der Waals surface area contributed by atoms with Gasteiger partial charge in [0.15, 0.2) is 11.5 Å². The van der Waals surface area contributed by atoms with Crippen molar-refractivity contribution in [2.45, 2.75) is 20.4 Å². The van der Waals surface area contributed by atoms with Crippen LogP contribution in [-0.2, 0) is 6.54 Å². The highest BCUT2D eigenvalue weighted by atomic mass is 79.9. The Morgan fingerprint density at radius 3 is 2.52 bits per heavy atom. The number of hydrogen-bond donors (Lipinski definition) is 1. The molecule has 0 fully saturated rings. The van der Waals surface area contributed by atoms with Gasteiger partial charge < -0.3 is 19.8 Å². The van der Waals surface area contributed by atoms with Crippen LogP contribution in [0.25, 0.3) is 11.3 Å². The summed E-state index contributed by atoms with van der Waals surface area (Å²) >= 11 is 3.47. The summed E-state index contributed by atoms with van der Waals surface area (Å²) in [6.07, 6.45) is 0. The number of fused-ring (bicyclic) bond motifs is 1. The summed E-state index contributed by atoms with van der Waals surface area (Å²) in [5.74, 6) is 1.09. The third-order valence-corrected chi connectivity index (χ3v) is 5.44. The van der Waals surface area contributed by atoms with E-state index in [2.05, 4.69) is 20.5 Å². The molecule has 27 heavy (non-hydrogen) atoms. The zero-order chi connectivity index (χ0) is 19.1. The Hall–Kier alpha value is -2.73. The van der Waals surface area contributed by atoms with Crippen LogP contribution in [0.4, 0.5) is 0 Å². The van der Waals surface area contributed by atoms with Crippen molar-refractivity contribution < 1.29 is 14.3 Å². The second-order valence-electron chi connectivity index (χ2n) is 6.58. The maximum atomic E-state index is 12.1. The molecular weight excluding hydrogens is 408 g/mol. The van der Waals surface area contributed by atoms with Crippen LogP contribution in [0.5, 0.6) is 11.5 Å². The van der Waals surface area contributed by atoms with Gasteiger partial charge in [-0.25, -0.2) is 0 Å². The fourth-order valence-corrected chi connectivity index (χ4v) is 3.92. The molecule has 0 spiro atoms. The van der Waals surface area contributed by atoms with Crippen molar-refractivity contribution in [3.05, 3.63) is 69.3 Å².